The lowest BCUT2D eigenvalue weighted by molar-refractivity contribution is -0.388. The van der Waals surface area contributed by atoms with Crippen molar-refractivity contribution in [1.82, 2.24) is 0 Å². The molecule has 0 amide bonds. The van der Waals surface area contributed by atoms with Crippen LogP contribution in [0.25, 0.3) is 0 Å². The highest BCUT2D eigenvalue weighted by molar-refractivity contribution is 6.20. The Kier molecular flexibility index (Phi) is 6.29. The maximum absolute atomic E-state index is 14.5. The molecule has 146 valence electrons. The van der Waals surface area contributed by atoms with E-state index in [0.717, 1.165) is 32.4 Å². The van der Waals surface area contributed by atoms with Gasteiger partial charge in [-0.15, -0.1) is 0 Å². The highest BCUT2D eigenvalue weighted by atomic mass is 19.2. The van der Waals surface area contributed by atoms with Crippen LogP contribution in [0.5, 0.6) is 0 Å². The van der Waals surface area contributed by atoms with Gasteiger partial charge in [-0.1, -0.05) is 0 Å². The summed E-state index contributed by atoms with van der Waals surface area (Å²) in [5, 5.41) is 11.1. The molecule has 10 heteroatoms. The molecule has 1 aliphatic rings. The molecule has 0 bridgehead atoms. The van der Waals surface area contributed by atoms with E-state index in [2.05, 4.69) is 4.99 Å². The molecule has 1 aromatic rings. The number of nitro groups is 1. The Hall–Kier alpha value is -2.78. The fourth-order valence-electron chi connectivity index (χ4n) is 2.53. The minimum Gasteiger partial charge on any atom is -0.465 e. The van der Waals surface area contributed by atoms with Crippen molar-refractivity contribution in [2.45, 2.75) is 39.2 Å². The molecule has 0 heterocycles. The van der Waals surface area contributed by atoms with Gasteiger partial charge in [0.25, 0.3) is 0 Å². The number of carbonyl (C=O) groups is 2. The largest absolute Gasteiger partial charge is 0.465 e. The van der Waals surface area contributed by atoms with Crippen molar-refractivity contribution in [3.05, 3.63) is 38.7 Å². The number of carbonyl (C=O) groups excluding carboxylic acids is 2. The zero-order valence-electron chi connectivity index (χ0n) is 14.6. The first kappa shape index (κ1) is 20.5. The third kappa shape index (κ3) is 3.99. The molecule has 0 aromatic heterocycles. The van der Waals surface area contributed by atoms with Crippen molar-refractivity contribution in [2.24, 2.45) is 10.9 Å². The maximum Gasteiger partial charge on any atom is 0.322 e. The molecule has 2 rings (SSSR count). The summed E-state index contributed by atoms with van der Waals surface area (Å²) in [6.07, 6.45) is 3.32. The Morgan fingerprint density at radius 3 is 2.41 bits per heavy atom. The van der Waals surface area contributed by atoms with Crippen molar-refractivity contribution >= 4 is 23.7 Å². The summed E-state index contributed by atoms with van der Waals surface area (Å²) in [5.41, 5.74) is -3.87. The smallest absolute Gasteiger partial charge is 0.322 e. The SMILES string of the molecule is CCOC(=O)C(C=NC1CCC1)C(=O)c1c(F)c(C)c(F)c(F)c1[N+](=O)[O-]. The van der Waals surface area contributed by atoms with Crippen molar-refractivity contribution in [3.63, 3.8) is 0 Å². The van der Waals surface area contributed by atoms with E-state index >= 15 is 0 Å². The Bertz CT molecular complexity index is 822. The molecular weight excluding hydrogens is 369 g/mol. The number of benzene rings is 1. The third-order valence-corrected chi connectivity index (χ3v) is 4.29. The second-order valence-electron chi connectivity index (χ2n) is 6.02. The number of ether oxygens (including phenoxy) is 1. The van der Waals surface area contributed by atoms with Gasteiger partial charge in [-0.05, 0) is 33.1 Å². The molecule has 0 N–H and O–H groups in total. The summed E-state index contributed by atoms with van der Waals surface area (Å²) in [6, 6.07) is -0.124. The number of nitro benzene ring substituents is 1. The monoisotopic (exact) mass is 386 g/mol. The van der Waals surface area contributed by atoms with E-state index in [1.165, 1.54) is 6.92 Å². The zero-order valence-corrected chi connectivity index (χ0v) is 14.6. The third-order valence-electron chi connectivity index (χ3n) is 4.29. The predicted molar refractivity (Wildman–Crippen MR) is 88.3 cm³/mol. The molecule has 1 saturated carbocycles. The van der Waals surface area contributed by atoms with Crippen molar-refractivity contribution < 1.29 is 32.4 Å². The van der Waals surface area contributed by atoms with E-state index in [1.807, 2.05) is 0 Å². The Labute approximate surface area is 152 Å². The summed E-state index contributed by atoms with van der Waals surface area (Å²) in [6.45, 7) is 2.19. The van der Waals surface area contributed by atoms with E-state index in [4.69, 9.17) is 4.74 Å². The first-order chi connectivity index (χ1) is 12.7. The van der Waals surface area contributed by atoms with Crippen LogP contribution in [0, 0.1) is 40.4 Å². The van der Waals surface area contributed by atoms with Crippen LogP contribution in [0.3, 0.4) is 0 Å². The van der Waals surface area contributed by atoms with Crippen LogP contribution >= 0.6 is 0 Å². The van der Waals surface area contributed by atoms with Gasteiger partial charge >= 0.3 is 11.7 Å². The first-order valence-electron chi connectivity index (χ1n) is 8.26. The van der Waals surface area contributed by atoms with Gasteiger partial charge in [0.05, 0.1) is 11.5 Å². The summed E-state index contributed by atoms with van der Waals surface area (Å²) in [4.78, 5) is 38.6. The van der Waals surface area contributed by atoms with Crippen LogP contribution in [0.15, 0.2) is 4.99 Å². The van der Waals surface area contributed by atoms with Crippen molar-refractivity contribution in [2.75, 3.05) is 6.61 Å². The lowest BCUT2D eigenvalue weighted by atomic mass is 9.92. The molecule has 0 spiro atoms. The number of halogens is 3. The van der Waals surface area contributed by atoms with Crippen molar-refractivity contribution in [1.29, 1.82) is 0 Å². The molecule has 1 fully saturated rings. The highest BCUT2D eigenvalue weighted by Crippen LogP contribution is 2.32. The van der Waals surface area contributed by atoms with Gasteiger partial charge in [-0.25, -0.2) is 8.78 Å². The average Bonchev–Trinajstić information content (AvgIpc) is 2.57. The molecule has 1 aromatic carbocycles. The van der Waals surface area contributed by atoms with E-state index in [9.17, 15) is 32.9 Å². The number of rotatable bonds is 7. The first-order valence-corrected chi connectivity index (χ1v) is 8.26. The molecule has 0 saturated heterocycles. The van der Waals surface area contributed by atoms with Gasteiger partial charge in [0, 0.05) is 17.8 Å². The van der Waals surface area contributed by atoms with Crippen LogP contribution in [0.2, 0.25) is 0 Å². The zero-order chi connectivity index (χ0) is 20.3. The quantitative estimate of drug-likeness (QED) is 0.136. The topological polar surface area (TPSA) is 98.9 Å². The van der Waals surface area contributed by atoms with Crippen molar-refractivity contribution in [3.8, 4) is 0 Å². The van der Waals surface area contributed by atoms with Gasteiger partial charge in [-0.2, -0.15) is 4.39 Å². The lowest BCUT2D eigenvalue weighted by Gasteiger charge is -2.21. The number of Topliss-reactive ketones (excluding diaryl/α,β-unsaturated/α-hetero) is 1. The van der Waals surface area contributed by atoms with E-state index < -0.39 is 56.9 Å². The molecule has 1 atom stereocenters. The predicted octanol–water partition coefficient (Wildman–Crippen LogP) is 3.31. The highest BCUT2D eigenvalue weighted by Gasteiger charge is 2.39. The normalized spacial score (nSPS) is 15.4. The molecule has 7 nitrogen and oxygen atoms in total. The Morgan fingerprint density at radius 2 is 1.93 bits per heavy atom. The number of hydrogen-bond donors (Lipinski definition) is 0. The number of aliphatic imine (C=N–C) groups is 1. The Morgan fingerprint density at radius 1 is 1.30 bits per heavy atom. The standard InChI is InChI=1S/C17H17F3N2O5/c1-3-27-17(24)10(7-21-9-5-4-6-9)16(23)11-12(18)8(2)13(19)14(20)15(11)22(25)26/h7,9-10H,3-6H2,1-2H3. The van der Waals surface area contributed by atoms with Gasteiger partial charge in [0.1, 0.15) is 11.4 Å². The number of nitrogens with zero attached hydrogens (tertiary/aromatic N) is 2. The second-order valence-corrected chi connectivity index (χ2v) is 6.02. The van der Waals surface area contributed by atoms with Gasteiger partial charge in [0.2, 0.25) is 5.82 Å². The van der Waals surface area contributed by atoms with E-state index in [-0.39, 0.29) is 12.6 Å². The molecule has 1 unspecified atom stereocenters. The summed E-state index contributed by atoms with van der Waals surface area (Å²) in [7, 11) is 0. The maximum atomic E-state index is 14.5. The Balaban J connectivity index is 2.58. The average molecular weight is 386 g/mol. The number of ketones is 1. The molecule has 27 heavy (non-hydrogen) atoms. The number of esters is 1. The molecular formula is C17H17F3N2O5. The minimum atomic E-state index is -1.97. The van der Waals surface area contributed by atoms with Crippen LogP contribution in [0.4, 0.5) is 18.9 Å². The fourth-order valence-corrected chi connectivity index (χ4v) is 2.53. The summed E-state index contributed by atoms with van der Waals surface area (Å²) >= 11 is 0. The molecule has 0 radical (unpaired) electrons. The van der Waals surface area contributed by atoms with Gasteiger partial charge < -0.3 is 4.74 Å². The molecule has 0 aliphatic heterocycles. The minimum absolute atomic E-state index is 0.110. The summed E-state index contributed by atoms with van der Waals surface area (Å²) < 4.78 is 46.9. The number of hydrogen-bond acceptors (Lipinski definition) is 6. The fraction of sp³-hybridized carbons (Fsp3) is 0.471. The molecule has 1 aliphatic carbocycles. The van der Waals surface area contributed by atoms with Crippen LogP contribution in [-0.2, 0) is 9.53 Å². The van der Waals surface area contributed by atoms with Crippen LogP contribution in [-0.4, -0.2) is 35.5 Å². The van der Waals surface area contributed by atoms with Gasteiger partial charge in [-0.3, -0.25) is 24.7 Å². The van der Waals surface area contributed by atoms with E-state index in [1.54, 1.807) is 0 Å². The van der Waals surface area contributed by atoms with E-state index in [0.29, 0.717) is 0 Å². The van der Waals surface area contributed by atoms with Crippen LogP contribution < -0.4 is 0 Å². The second kappa shape index (κ2) is 8.28. The lowest BCUT2D eigenvalue weighted by Crippen LogP contribution is -2.30. The van der Waals surface area contributed by atoms with Crippen LogP contribution in [0.1, 0.15) is 42.1 Å². The summed E-state index contributed by atoms with van der Waals surface area (Å²) in [5.74, 6) is -9.67. The van der Waals surface area contributed by atoms with Gasteiger partial charge in [0.15, 0.2) is 17.5 Å².